The highest BCUT2D eigenvalue weighted by atomic mass is 16.6. The first-order valence-electron chi connectivity index (χ1n) is 5.70. The molecule has 0 fully saturated rings. The molecular weight excluding hydrogens is 248 g/mol. The number of hydrogen-bond acceptors (Lipinski definition) is 5. The highest BCUT2D eigenvalue weighted by Crippen LogP contribution is 2.18. The van der Waals surface area contributed by atoms with E-state index in [0.29, 0.717) is 0 Å². The third kappa shape index (κ3) is 3.64. The smallest absolute Gasteiger partial charge is 0.337 e. The molecule has 0 saturated carbocycles. The Labute approximate surface area is 111 Å². The highest BCUT2D eigenvalue weighted by Gasteiger charge is 2.32. The summed E-state index contributed by atoms with van der Waals surface area (Å²) in [6.45, 7) is 4.24. The topological polar surface area (TPSA) is 69.7 Å². The van der Waals surface area contributed by atoms with Crippen molar-refractivity contribution in [3.63, 3.8) is 0 Å². The monoisotopic (exact) mass is 264 g/mol. The average molecular weight is 264 g/mol. The van der Waals surface area contributed by atoms with Crippen molar-refractivity contribution in [2.24, 2.45) is 0 Å². The number of carbonyl (C=O) groups is 3. The Hall–Kier alpha value is -2.17. The van der Waals surface area contributed by atoms with Crippen molar-refractivity contribution in [1.82, 2.24) is 0 Å². The Morgan fingerprint density at radius 3 is 2.21 bits per heavy atom. The molecule has 1 aromatic rings. The Morgan fingerprint density at radius 1 is 1.11 bits per heavy atom. The minimum absolute atomic E-state index is 0.270. The Balaban J connectivity index is 3.06. The van der Waals surface area contributed by atoms with Crippen LogP contribution in [0.3, 0.4) is 0 Å². The maximum Gasteiger partial charge on any atom is 0.337 e. The molecule has 0 aliphatic rings. The zero-order chi connectivity index (χ0) is 14.6. The summed E-state index contributed by atoms with van der Waals surface area (Å²) in [7, 11) is 1.26. The van der Waals surface area contributed by atoms with E-state index >= 15 is 0 Å². The molecule has 0 aromatic heterocycles. The molecule has 0 unspecified atom stereocenters. The number of benzene rings is 1. The van der Waals surface area contributed by atoms with Crippen molar-refractivity contribution in [2.75, 3.05) is 7.11 Å². The lowest BCUT2D eigenvalue weighted by Crippen LogP contribution is -2.36. The summed E-state index contributed by atoms with van der Waals surface area (Å²) in [5, 5.41) is 0. The van der Waals surface area contributed by atoms with Gasteiger partial charge in [0.1, 0.15) is 0 Å². The van der Waals surface area contributed by atoms with E-state index in [2.05, 4.69) is 4.74 Å². The van der Waals surface area contributed by atoms with Crippen LogP contribution in [0.15, 0.2) is 24.3 Å². The predicted octanol–water partition coefficient (Wildman–Crippen LogP) is 2.00. The van der Waals surface area contributed by atoms with Gasteiger partial charge in [0.05, 0.1) is 12.7 Å². The van der Waals surface area contributed by atoms with Gasteiger partial charge < -0.3 is 9.47 Å². The maximum atomic E-state index is 12.2. The Bertz CT molecular complexity index is 516. The van der Waals surface area contributed by atoms with E-state index in [1.165, 1.54) is 33.9 Å². The van der Waals surface area contributed by atoms with Crippen LogP contribution in [0.4, 0.5) is 0 Å². The number of methoxy groups -OCH3 is 1. The molecule has 0 N–H and O–H groups in total. The van der Waals surface area contributed by atoms with Crippen molar-refractivity contribution in [1.29, 1.82) is 0 Å². The second-order valence-corrected chi connectivity index (χ2v) is 4.51. The van der Waals surface area contributed by atoms with Gasteiger partial charge in [-0.15, -0.1) is 0 Å². The number of carbonyl (C=O) groups excluding carboxylic acids is 3. The largest absolute Gasteiger partial charge is 0.465 e. The first-order valence-corrected chi connectivity index (χ1v) is 5.70. The average Bonchev–Trinajstić information content (AvgIpc) is 2.35. The van der Waals surface area contributed by atoms with Gasteiger partial charge >= 0.3 is 11.9 Å². The van der Waals surface area contributed by atoms with E-state index < -0.39 is 17.5 Å². The van der Waals surface area contributed by atoms with Crippen LogP contribution >= 0.6 is 0 Å². The van der Waals surface area contributed by atoms with Crippen molar-refractivity contribution < 1.29 is 23.9 Å². The van der Waals surface area contributed by atoms with Gasteiger partial charge in [-0.25, -0.2) is 4.79 Å². The summed E-state index contributed by atoms with van der Waals surface area (Å²) in [6, 6.07) is 6.09. The van der Waals surface area contributed by atoms with Gasteiger partial charge in [-0.3, -0.25) is 9.59 Å². The van der Waals surface area contributed by atoms with Gasteiger partial charge in [-0.2, -0.15) is 0 Å². The molecule has 0 saturated heterocycles. The molecule has 0 amide bonds. The summed E-state index contributed by atoms with van der Waals surface area (Å²) in [6.07, 6.45) is 0. The molecule has 102 valence electrons. The molecule has 0 aliphatic carbocycles. The Morgan fingerprint density at radius 2 is 1.68 bits per heavy atom. The lowest BCUT2D eigenvalue weighted by Gasteiger charge is -2.22. The molecule has 5 nitrogen and oxygen atoms in total. The number of esters is 2. The number of ether oxygens (including phenoxy) is 2. The first kappa shape index (κ1) is 14.9. The van der Waals surface area contributed by atoms with Crippen molar-refractivity contribution >= 4 is 17.7 Å². The molecule has 5 heteroatoms. The fourth-order valence-corrected chi connectivity index (χ4v) is 1.66. The number of ketones is 1. The van der Waals surface area contributed by atoms with Gasteiger partial charge in [-0.1, -0.05) is 12.1 Å². The summed E-state index contributed by atoms with van der Waals surface area (Å²) in [4.78, 5) is 34.6. The molecule has 1 aromatic carbocycles. The Kier molecular flexibility index (Phi) is 4.43. The number of rotatable bonds is 4. The van der Waals surface area contributed by atoms with Crippen LogP contribution in [0.5, 0.6) is 0 Å². The van der Waals surface area contributed by atoms with Gasteiger partial charge in [0.2, 0.25) is 5.78 Å². The molecule has 0 radical (unpaired) electrons. The maximum absolute atomic E-state index is 12.2. The normalized spacial score (nSPS) is 10.7. The summed E-state index contributed by atoms with van der Waals surface area (Å²) < 4.78 is 9.56. The predicted molar refractivity (Wildman–Crippen MR) is 68.0 cm³/mol. The summed E-state index contributed by atoms with van der Waals surface area (Å²) in [5.41, 5.74) is -0.721. The van der Waals surface area contributed by atoms with Crippen molar-refractivity contribution in [3.05, 3.63) is 35.4 Å². The molecule has 0 aliphatic heterocycles. The zero-order valence-corrected chi connectivity index (χ0v) is 11.4. The lowest BCUT2D eigenvalue weighted by atomic mass is 9.95. The third-order valence-corrected chi connectivity index (χ3v) is 2.49. The second kappa shape index (κ2) is 5.65. The van der Waals surface area contributed by atoms with Crippen LogP contribution in [0.2, 0.25) is 0 Å². The molecule has 0 bridgehead atoms. The molecular formula is C14H16O5. The molecule has 19 heavy (non-hydrogen) atoms. The lowest BCUT2D eigenvalue weighted by molar-refractivity contribution is -0.149. The molecule has 1 rings (SSSR count). The minimum atomic E-state index is -1.28. The van der Waals surface area contributed by atoms with E-state index in [1.54, 1.807) is 18.2 Å². The standard InChI is InChI=1S/C14H16O5/c1-9(15)19-14(2,3)12(16)10-6-5-7-11(8-10)13(17)18-4/h5-8H,1-4H3. The second-order valence-electron chi connectivity index (χ2n) is 4.51. The van der Waals surface area contributed by atoms with E-state index in [1.807, 2.05) is 0 Å². The van der Waals surface area contributed by atoms with Crippen LogP contribution in [-0.2, 0) is 14.3 Å². The molecule has 0 atom stereocenters. The van der Waals surface area contributed by atoms with Gasteiger partial charge in [-0.05, 0) is 26.0 Å². The summed E-state index contributed by atoms with van der Waals surface area (Å²) >= 11 is 0. The number of hydrogen-bond donors (Lipinski definition) is 0. The highest BCUT2D eigenvalue weighted by molar-refractivity contribution is 6.04. The van der Waals surface area contributed by atoms with Crippen LogP contribution in [0, 0.1) is 0 Å². The van der Waals surface area contributed by atoms with E-state index in [-0.39, 0.29) is 16.9 Å². The van der Waals surface area contributed by atoms with Crippen molar-refractivity contribution in [2.45, 2.75) is 26.4 Å². The van der Waals surface area contributed by atoms with E-state index in [4.69, 9.17) is 4.74 Å². The van der Waals surface area contributed by atoms with Gasteiger partial charge in [0, 0.05) is 12.5 Å². The van der Waals surface area contributed by atoms with E-state index in [9.17, 15) is 14.4 Å². The van der Waals surface area contributed by atoms with Gasteiger partial charge in [0.25, 0.3) is 0 Å². The van der Waals surface area contributed by atoms with E-state index in [0.717, 1.165) is 0 Å². The van der Waals surface area contributed by atoms with Gasteiger partial charge in [0.15, 0.2) is 5.60 Å². The molecule has 0 spiro atoms. The SMILES string of the molecule is COC(=O)c1cccc(C(=O)C(C)(C)OC(C)=O)c1. The van der Waals surface area contributed by atoms with Crippen LogP contribution in [0.1, 0.15) is 41.5 Å². The van der Waals surface area contributed by atoms with Crippen LogP contribution in [0.25, 0.3) is 0 Å². The molecule has 0 heterocycles. The first-order chi connectivity index (χ1) is 8.77. The minimum Gasteiger partial charge on any atom is -0.465 e. The fraction of sp³-hybridized carbons (Fsp3) is 0.357. The quantitative estimate of drug-likeness (QED) is 0.614. The van der Waals surface area contributed by atoms with Crippen LogP contribution in [-0.4, -0.2) is 30.4 Å². The fourth-order valence-electron chi connectivity index (χ4n) is 1.66. The van der Waals surface area contributed by atoms with Crippen molar-refractivity contribution in [3.8, 4) is 0 Å². The number of Topliss-reactive ketones (excluding diaryl/α,β-unsaturated/α-hetero) is 1. The zero-order valence-electron chi connectivity index (χ0n) is 11.4. The van der Waals surface area contributed by atoms with Crippen LogP contribution < -0.4 is 0 Å². The third-order valence-electron chi connectivity index (χ3n) is 2.49. The summed E-state index contributed by atoms with van der Waals surface area (Å²) in [5.74, 6) is -1.45.